The summed E-state index contributed by atoms with van der Waals surface area (Å²) in [6, 6.07) is -4.91. The zero-order valence-corrected chi connectivity index (χ0v) is 18.5. The van der Waals surface area contributed by atoms with Crippen molar-refractivity contribution in [3.8, 4) is 0 Å². The zero-order chi connectivity index (χ0) is 25.8. The molecule has 0 aromatic carbocycles. The van der Waals surface area contributed by atoms with Crippen LogP contribution in [0.2, 0.25) is 0 Å². The molecule has 11 N–H and O–H groups in total. The zero-order valence-electron chi connectivity index (χ0n) is 18.5. The Bertz CT molecular complexity index is 812. The van der Waals surface area contributed by atoms with Crippen LogP contribution in [0.5, 0.6) is 0 Å². The Morgan fingerprint density at radius 2 is 1.32 bits per heavy atom. The molecular formula is C19H31N7O8. The van der Waals surface area contributed by atoms with Crippen LogP contribution in [-0.4, -0.2) is 77.2 Å². The molecule has 190 valence electrons. The van der Waals surface area contributed by atoms with Crippen molar-refractivity contribution < 1.29 is 38.7 Å². The monoisotopic (exact) mass is 485 g/mol. The fourth-order valence-electron chi connectivity index (χ4n) is 3.24. The normalized spacial score (nSPS) is 17.6. The van der Waals surface area contributed by atoms with Crippen molar-refractivity contribution in [2.45, 2.75) is 69.1 Å². The SMILES string of the molecule is NC(=O)CC[C@H](NC(=O)[C@H](CC(N)=O)NC(=O)[C@H](CCC(N)=O)NC(=O)[C@@H]1CCCN1)C(=O)O. The molecule has 1 fully saturated rings. The van der Waals surface area contributed by atoms with Gasteiger partial charge in [-0.05, 0) is 32.2 Å². The lowest BCUT2D eigenvalue weighted by Crippen LogP contribution is -2.57. The van der Waals surface area contributed by atoms with E-state index >= 15 is 0 Å². The van der Waals surface area contributed by atoms with Crippen molar-refractivity contribution in [2.24, 2.45) is 17.2 Å². The molecule has 15 heteroatoms. The molecule has 34 heavy (non-hydrogen) atoms. The first-order valence-electron chi connectivity index (χ1n) is 10.6. The lowest BCUT2D eigenvalue weighted by Gasteiger charge is -2.24. The van der Waals surface area contributed by atoms with Gasteiger partial charge in [-0.1, -0.05) is 0 Å². The average molecular weight is 485 g/mol. The number of hydrogen-bond donors (Lipinski definition) is 8. The van der Waals surface area contributed by atoms with E-state index in [2.05, 4.69) is 21.3 Å². The Morgan fingerprint density at radius 3 is 1.79 bits per heavy atom. The number of aliphatic carboxylic acids is 1. The molecule has 6 amide bonds. The summed E-state index contributed by atoms with van der Waals surface area (Å²) in [5, 5.41) is 19.1. The largest absolute Gasteiger partial charge is 0.480 e. The third kappa shape index (κ3) is 10.2. The molecule has 0 bridgehead atoms. The summed E-state index contributed by atoms with van der Waals surface area (Å²) in [5.74, 6) is -6.40. The molecule has 1 rings (SSSR count). The molecule has 0 unspecified atom stereocenters. The molecular weight excluding hydrogens is 454 g/mol. The van der Waals surface area contributed by atoms with Gasteiger partial charge in [-0.3, -0.25) is 28.8 Å². The Morgan fingerprint density at radius 1 is 0.794 bits per heavy atom. The van der Waals surface area contributed by atoms with Gasteiger partial charge in [-0.2, -0.15) is 0 Å². The highest BCUT2D eigenvalue weighted by Crippen LogP contribution is 2.07. The maximum Gasteiger partial charge on any atom is 0.326 e. The Kier molecular flexibility index (Phi) is 11.4. The van der Waals surface area contributed by atoms with Gasteiger partial charge in [-0.25, -0.2) is 4.79 Å². The van der Waals surface area contributed by atoms with Crippen molar-refractivity contribution in [3.63, 3.8) is 0 Å². The van der Waals surface area contributed by atoms with Crippen LogP contribution in [-0.2, 0) is 33.6 Å². The van der Waals surface area contributed by atoms with E-state index in [-0.39, 0.29) is 25.7 Å². The lowest BCUT2D eigenvalue weighted by molar-refractivity contribution is -0.142. The molecule has 1 aliphatic heterocycles. The number of amides is 6. The number of carboxylic acid groups (broad SMARTS) is 1. The fraction of sp³-hybridized carbons (Fsp3) is 0.632. The number of carboxylic acids is 1. The van der Waals surface area contributed by atoms with Crippen LogP contribution >= 0.6 is 0 Å². The molecule has 0 aliphatic carbocycles. The standard InChI is InChI=1S/C19H31N7O8/c20-13(27)5-3-10(24-16(30)9-2-1-7-23-9)17(31)26-12(8-15(22)29)18(32)25-11(19(33)34)4-6-14(21)28/h9-12,23H,1-8H2,(H2,20,27)(H2,21,28)(H2,22,29)(H,24,30)(H,25,32)(H,26,31)(H,33,34)/t9-,10-,11-,12-/m0/s1. The highest BCUT2D eigenvalue weighted by Gasteiger charge is 2.32. The maximum absolute atomic E-state index is 12.8. The highest BCUT2D eigenvalue weighted by atomic mass is 16.4. The molecule has 1 heterocycles. The average Bonchev–Trinajstić information content (AvgIpc) is 3.27. The Balaban J connectivity index is 2.94. The van der Waals surface area contributed by atoms with E-state index < -0.39 is 72.0 Å². The quantitative estimate of drug-likeness (QED) is 0.111. The third-order valence-corrected chi connectivity index (χ3v) is 5.02. The highest BCUT2D eigenvalue weighted by molar-refractivity contribution is 5.96. The molecule has 1 aliphatic rings. The van der Waals surface area contributed by atoms with Crippen LogP contribution in [0.3, 0.4) is 0 Å². The molecule has 0 aromatic heterocycles. The van der Waals surface area contributed by atoms with Gasteiger partial charge in [0.1, 0.15) is 18.1 Å². The van der Waals surface area contributed by atoms with Gasteiger partial charge in [0, 0.05) is 12.8 Å². The number of nitrogens with two attached hydrogens (primary N) is 3. The van der Waals surface area contributed by atoms with Crippen molar-refractivity contribution in [3.05, 3.63) is 0 Å². The molecule has 0 spiro atoms. The number of carbonyl (C=O) groups is 7. The summed E-state index contributed by atoms with van der Waals surface area (Å²) in [6.45, 7) is 0.623. The Hall–Kier alpha value is -3.75. The third-order valence-electron chi connectivity index (χ3n) is 5.02. The van der Waals surface area contributed by atoms with E-state index in [1.54, 1.807) is 0 Å². The first kappa shape index (κ1) is 28.3. The van der Waals surface area contributed by atoms with E-state index in [0.29, 0.717) is 13.0 Å². The lowest BCUT2D eigenvalue weighted by atomic mass is 10.1. The van der Waals surface area contributed by atoms with Crippen LogP contribution in [0.25, 0.3) is 0 Å². The van der Waals surface area contributed by atoms with E-state index in [1.165, 1.54) is 0 Å². The van der Waals surface area contributed by atoms with Gasteiger partial charge in [0.2, 0.25) is 35.4 Å². The van der Waals surface area contributed by atoms with Crippen LogP contribution in [0.4, 0.5) is 0 Å². The second-order valence-corrected chi connectivity index (χ2v) is 7.85. The minimum Gasteiger partial charge on any atom is -0.480 e. The topological polar surface area (TPSA) is 266 Å². The van der Waals surface area contributed by atoms with Crippen LogP contribution in [0, 0.1) is 0 Å². The van der Waals surface area contributed by atoms with Gasteiger partial charge >= 0.3 is 5.97 Å². The van der Waals surface area contributed by atoms with Crippen LogP contribution in [0.1, 0.15) is 44.9 Å². The molecule has 15 nitrogen and oxygen atoms in total. The summed E-state index contributed by atoms with van der Waals surface area (Å²) < 4.78 is 0. The summed E-state index contributed by atoms with van der Waals surface area (Å²) >= 11 is 0. The molecule has 1 saturated heterocycles. The van der Waals surface area contributed by atoms with Gasteiger partial charge in [0.25, 0.3) is 0 Å². The van der Waals surface area contributed by atoms with E-state index in [0.717, 1.165) is 6.42 Å². The first-order chi connectivity index (χ1) is 15.9. The first-order valence-corrected chi connectivity index (χ1v) is 10.6. The van der Waals surface area contributed by atoms with E-state index in [4.69, 9.17) is 17.2 Å². The predicted molar refractivity (Wildman–Crippen MR) is 115 cm³/mol. The van der Waals surface area contributed by atoms with Crippen molar-refractivity contribution in [1.29, 1.82) is 0 Å². The van der Waals surface area contributed by atoms with Gasteiger partial charge in [0.05, 0.1) is 12.5 Å². The second kappa shape index (κ2) is 13.7. The number of primary amides is 3. The number of nitrogens with one attached hydrogen (secondary N) is 4. The second-order valence-electron chi connectivity index (χ2n) is 7.85. The van der Waals surface area contributed by atoms with Crippen LogP contribution < -0.4 is 38.5 Å². The van der Waals surface area contributed by atoms with E-state index in [9.17, 15) is 38.7 Å². The van der Waals surface area contributed by atoms with Crippen molar-refractivity contribution >= 4 is 41.4 Å². The van der Waals surface area contributed by atoms with Gasteiger partial charge in [-0.15, -0.1) is 0 Å². The fourth-order valence-corrected chi connectivity index (χ4v) is 3.24. The number of rotatable bonds is 15. The van der Waals surface area contributed by atoms with E-state index in [1.807, 2.05) is 0 Å². The van der Waals surface area contributed by atoms with Crippen molar-refractivity contribution in [2.75, 3.05) is 6.54 Å². The molecule has 0 radical (unpaired) electrons. The molecule has 4 atom stereocenters. The maximum atomic E-state index is 12.8. The Labute approximate surface area is 194 Å². The summed E-state index contributed by atoms with van der Waals surface area (Å²) in [7, 11) is 0. The predicted octanol–water partition coefficient (Wildman–Crippen LogP) is -4.32. The summed E-state index contributed by atoms with van der Waals surface area (Å²) in [5.41, 5.74) is 15.3. The van der Waals surface area contributed by atoms with Crippen molar-refractivity contribution in [1.82, 2.24) is 21.3 Å². The summed E-state index contributed by atoms with van der Waals surface area (Å²) in [4.78, 5) is 82.8. The minimum atomic E-state index is -1.59. The minimum absolute atomic E-state index is 0.180. The molecule has 0 aromatic rings. The number of hydrogen-bond acceptors (Lipinski definition) is 8. The smallest absolute Gasteiger partial charge is 0.326 e. The molecule has 0 saturated carbocycles. The number of carbonyl (C=O) groups excluding carboxylic acids is 6. The summed E-state index contributed by atoms with van der Waals surface area (Å²) in [6.07, 6.45) is -0.458. The van der Waals surface area contributed by atoms with Gasteiger partial charge < -0.3 is 43.6 Å². The van der Waals surface area contributed by atoms with Gasteiger partial charge in [0.15, 0.2) is 0 Å². The van der Waals surface area contributed by atoms with Crippen LogP contribution in [0.15, 0.2) is 0 Å².